The fraction of sp³-hybridized carbons (Fsp3) is 0.333. The van der Waals surface area contributed by atoms with E-state index in [9.17, 15) is 8.42 Å². The third kappa shape index (κ3) is 2.70. The lowest BCUT2D eigenvalue weighted by Crippen LogP contribution is -2.22. The molecule has 0 atom stereocenters. The molecule has 1 N–H and O–H groups in total. The number of nitrogens with one attached hydrogen (secondary N) is 1. The van der Waals surface area contributed by atoms with Crippen LogP contribution in [0.5, 0.6) is 0 Å². The quantitative estimate of drug-likeness (QED) is 0.805. The Kier molecular flexibility index (Phi) is 3.92. The Morgan fingerprint density at radius 3 is 2.29 bits per heavy atom. The Hall–Kier alpha value is -0.580. The molecule has 0 radical (unpaired) electrons. The minimum Gasteiger partial charge on any atom is -0.211 e. The molecule has 0 aliphatic rings. The van der Waals surface area contributed by atoms with Crippen LogP contribution in [0.4, 0.5) is 0 Å². The highest BCUT2D eigenvalue weighted by Crippen LogP contribution is 2.11. The zero-order valence-electron chi connectivity index (χ0n) is 7.83. The van der Waals surface area contributed by atoms with Crippen LogP contribution in [0.15, 0.2) is 29.2 Å². The average Bonchev–Trinajstić information content (AvgIpc) is 2.18. The van der Waals surface area contributed by atoms with Crippen molar-refractivity contribution >= 4 is 21.6 Å². The Balaban J connectivity index is 2.97. The molecule has 0 aromatic heterocycles. The third-order valence-electron chi connectivity index (χ3n) is 1.72. The van der Waals surface area contributed by atoms with Gasteiger partial charge in [-0.2, -0.15) is 0 Å². The van der Waals surface area contributed by atoms with E-state index in [0.717, 1.165) is 5.56 Å². The largest absolute Gasteiger partial charge is 0.240 e. The number of sulfonamides is 1. The lowest BCUT2D eigenvalue weighted by atomic mass is 10.2. The van der Waals surface area contributed by atoms with Gasteiger partial charge in [-0.15, -0.1) is 11.6 Å². The Morgan fingerprint density at radius 1 is 1.29 bits per heavy atom. The molecule has 3 nitrogen and oxygen atoms in total. The summed E-state index contributed by atoms with van der Waals surface area (Å²) < 4.78 is 25.4. The Bertz CT molecular complexity index is 386. The molecule has 1 rings (SSSR count). The molecule has 1 aromatic carbocycles. The van der Waals surface area contributed by atoms with Crippen LogP contribution in [0, 0.1) is 0 Å². The van der Waals surface area contributed by atoms with Crippen molar-refractivity contribution in [3.05, 3.63) is 29.8 Å². The third-order valence-corrected chi connectivity index (χ3v) is 3.59. The van der Waals surface area contributed by atoms with Crippen molar-refractivity contribution in [2.24, 2.45) is 0 Å². The highest BCUT2D eigenvalue weighted by molar-refractivity contribution is 7.89. The standard InChI is InChI=1S/C9H12ClNO2S/c1-2-11-14(12,13)9-5-3-8(7-10)4-6-9/h3-6,11H,2,7H2,1H3. The molecule has 0 heterocycles. The first-order chi connectivity index (χ1) is 6.60. The summed E-state index contributed by atoms with van der Waals surface area (Å²) in [4.78, 5) is 0.271. The lowest BCUT2D eigenvalue weighted by molar-refractivity contribution is 0.584. The highest BCUT2D eigenvalue weighted by atomic mass is 35.5. The van der Waals surface area contributed by atoms with E-state index in [1.54, 1.807) is 31.2 Å². The van der Waals surface area contributed by atoms with Crippen molar-refractivity contribution in [3.8, 4) is 0 Å². The second kappa shape index (κ2) is 4.77. The van der Waals surface area contributed by atoms with Gasteiger partial charge in [-0.3, -0.25) is 0 Å². The minimum absolute atomic E-state index is 0.271. The maximum absolute atomic E-state index is 11.5. The molecule has 0 amide bonds. The van der Waals surface area contributed by atoms with Crippen molar-refractivity contribution in [2.75, 3.05) is 6.54 Å². The molecule has 14 heavy (non-hydrogen) atoms. The maximum Gasteiger partial charge on any atom is 0.240 e. The van der Waals surface area contributed by atoms with Crippen molar-refractivity contribution in [1.29, 1.82) is 0 Å². The van der Waals surface area contributed by atoms with Gasteiger partial charge in [-0.25, -0.2) is 13.1 Å². The van der Waals surface area contributed by atoms with E-state index in [1.165, 1.54) is 0 Å². The summed E-state index contributed by atoms with van der Waals surface area (Å²) in [6.07, 6.45) is 0. The van der Waals surface area contributed by atoms with Crippen molar-refractivity contribution < 1.29 is 8.42 Å². The zero-order valence-corrected chi connectivity index (χ0v) is 9.40. The molecule has 1 aromatic rings. The molecule has 0 unspecified atom stereocenters. The van der Waals surface area contributed by atoms with Crippen LogP contribution in [-0.2, 0) is 15.9 Å². The number of hydrogen-bond acceptors (Lipinski definition) is 2. The van der Waals surface area contributed by atoms with E-state index < -0.39 is 10.0 Å². The number of benzene rings is 1. The van der Waals surface area contributed by atoms with Crippen LogP contribution < -0.4 is 4.72 Å². The summed E-state index contributed by atoms with van der Waals surface area (Å²) in [6.45, 7) is 2.13. The van der Waals surface area contributed by atoms with Gasteiger partial charge in [0.2, 0.25) is 10.0 Å². The van der Waals surface area contributed by atoms with Gasteiger partial charge in [0, 0.05) is 12.4 Å². The van der Waals surface area contributed by atoms with Crippen LogP contribution in [0.3, 0.4) is 0 Å². The molecular formula is C9H12ClNO2S. The normalized spacial score (nSPS) is 11.6. The van der Waals surface area contributed by atoms with E-state index >= 15 is 0 Å². The zero-order chi connectivity index (χ0) is 10.6. The number of rotatable bonds is 4. The first kappa shape index (κ1) is 11.5. The molecule has 78 valence electrons. The second-order valence-electron chi connectivity index (χ2n) is 2.78. The number of halogens is 1. The highest BCUT2D eigenvalue weighted by Gasteiger charge is 2.11. The predicted molar refractivity (Wildman–Crippen MR) is 56.9 cm³/mol. The fourth-order valence-electron chi connectivity index (χ4n) is 1.03. The fourth-order valence-corrected chi connectivity index (χ4v) is 2.25. The average molecular weight is 234 g/mol. The molecule has 5 heteroatoms. The Labute approximate surface area is 89.1 Å². The van der Waals surface area contributed by atoms with Gasteiger partial charge in [0.15, 0.2) is 0 Å². The van der Waals surface area contributed by atoms with Crippen LogP contribution >= 0.6 is 11.6 Å². The number of alkyl halides is 1. The first-order valence-corrected chi connectivity index (χ1v) is 6.26. The van der Waals surface area contributed by atoms with Crippen LogP contribution in [0.1, 0.15) is 12.5 Å². The molecule has 0 bridgehead atoms. The Morgan fingerprint density at radius 2 is 1.86 bits per heavy atom. The maximum atomic E-state index is 11.5. The van der Waals surface area contributed by atoms with Gasteiger partial charge < -0.3 is 0 Å². The minimum atomic E-state index is -3.33. The van der Waals surface area contributed by atoms with E-state index in [2.05, 4.69) is 4.72 Å². The smallest absolute Gasteiger partial charge is 0.211 e. The molecule has 0 aliphatic carbocycles. The van der Waals surface area contributed by atoms with Gasteiger partial charge in [-0.1, -0.05) is 19.1 Å². The summed E-state index contributed by atoms with van der Waals surface area (Å²) in [5.41, 5.74) is 0.905. The van der Waals surface area contributed by atoms with Crippen molar-refractivity contribution in [3.63, 3.8) is 0 Å². The second-order valence-corrected chi connectivity index (χ2v) is 4.81. The van der Waals surface area contributed by atoms with Crippen LogP contribution in [0.25, 0.3) is 0 Å². The van der Waals surface area contributed by atoms with Gasteiger partial charge in [-0.05, 0) is 17.7 Å². The first-order valence-electron chi connectivity index (χ1n) is 4.24. The molecule has 0 saturated heterocycles. The van der Waals surface area contributed by atoms with Crippen LogP contribution in [-0.4, -0.2) is 15.0 Å². The molecule has 0 aliphatic heterocycles. The molecular weight excluding hydrogens is 222 g/mol. The van der Waals surface area contributed by atoms with E-state index in [1.807, 2.05) is 0 Å². The predicted octanol–water partition coefficient (Wildman–Crippen LogP) is 1.72. The van der Waals surface area contributed by atoms with Crippen molar-refractivity contribution in [2.45, 2.75) is 17.7 Å². The van der Waals surface area contributed by atoms with E-state index in [0.29, 0.717) is 12.4 Å². The summed E-state index contributed by atoms with van der Waals surface area (Å²) in [5, 5.41) is 0. The van der Waals surface area contributed by atoms with Crippen LogP contribution in [0.2, 0.25) is 0 Å². The summed E-state index contributed by atoms with van der Waals surface area (Å²) >= 11 is 5.59. The van der Waals surface area contributed by atoms with Gasteiger partial charge >= 0.3 is 0 Å². The molecule has 0 spiro atoms. The summed E-state index contributed by atoms with van der Waals surface area (Å²) in [7, 11) is -3.33. The SMILES string of the molecule is CCNS(=O)(=O)c1ccc(CCl)cc1. The summed E-state index contributed by atoms with van der Waals surface area (Å²) in [5.74, 6) is 0.390. The summed E-state index contributed by atoms with van der Waals surface area (Å²) in [6, 6.07) is 6.51. The van der Waals surface area contributed by atoms with E-state index in [-0.39, 0.29) is 4.90 Å². The van der Waals surface area contributed by atoms with Gasteiger partial charge in [0.1, 0.15) is 0 Å². The van der Waals surface area contributed by atoms with Gasteiger partial charge in [0.25, 0.3) is 0 Å². The van der Waals surface area contributed by atoms with Crippen molar-refractivity contribution in [1.82, 2.24) is 4.72 Å². The lowest BCUT2D eigenvalue weighted by Gasteiger charge is -2.04. The monoisotopic (exact) mass is 233 g/mol. The topological polar surface area (TPSA) is 46.2 Å². The van der Waals surface area contributed by atoms with Gasteiger partial charge in [0.05, 0.1) is 4.90 Å². The van der Waals surface area contributed by atoms with E-state index in [4.69, 9.17) is 11.6 Å². The molecule has 0 saturated carbocycles. The number of hydrogen-bond donors (Lipinski definition) is 1. The molecule has 0 fully saturated rings.